The largest absolute Gasteiger partial charge is 0.495 e. The van der Waals surface area contributed by atoms with Crippen LogP contribution in [0.3, 0.4) is 0 Å². The fourth-order valence-electron chi connectivity index (χ4n) is 2.43. The van der Waals surface area contributed by atoms with Crippen LogP contribution in [0.5, 0.6) is 5.75 Å². The fraction of sp³-hybridized carbons (Fsp3) is 0.500. The van der Waals surface area contributed by atoms with Crippen molar-refractivity contribution in [3.05, 3.63) is 35.7 Å². The van der Waals surface area contributed by atoms with Crippen molar-refractivity contribution in [1.82, 2.24) is 0 Å². The van der Waals surface area contributed by atoms with Gasteiger partial charge in [0.15, 0.2) is 0 Å². The van der Waals surface area contributed by atoms with Crippen molar-refractivity contribution in [3.8, 4) is 5.75 Å². The third-order valence-corrected chi connectivity index (χ3v) is 3.79. The highest BCUT2D eigenvalue weighted by Crippen LogP contribution is 2.37. The molecule has 1 aliphatic rings. The van der Waals surface area contributed by atoms with Crippen LogP contribution in [0, 0.1) is 12.8 Å². The van der Waals surface area contributed by atoms with Gasteiger partial charge in [0.25, 0.3) is 0 Å². The highest BCUT2D eigenvalue weighted by atomic mass is 35.5. The van der Waals surface area contributed by atoms with E-state index >= 15 is 0 Å². The molecule has 0 atom stereocenters. The summed E-state index contributed by atoms with van der Waals surface area (Å²) in [6, 6.07) is 6.15. The molecule has 1 fully saturated rings. The molecule has 0 spiro atoms. The van der Waals surface area contributed by atoms with Gasteiger partial charge in [-0.2, -0.15) is 0 Å². The summed E-state index contributed by atoms with van der Waals surface area (Å²) >= 11 is 6.14. The van der Waals surface area contributed by atoms with E-state index in [0.29, 0.717) is 11.8 Å². The van der Waals surface area contributed by atoms with Gasteiger partial charge in [0.2, 0.25) is 0 Å². The molecule has 1 radical (unpaired) electrons. The minimum atomic E-state index is 0.643. The van der Waals surface area contributed by atoms with E-state index in [1.54, 1.807) is 7.11 Å². The smallest absolute Gasteiger partial charge is 0.137 e. The van der Waals surface area contributed by atoms with E-state index in [-0.39, 0.29) is 0 Å². The van der Waals surface area contributed by atoms with Gasteiger partial charge in [0, 0.05) is 0 Å². The molecule has 2 heteroatoms. The molecular formula is C14H18ClO. The Hall–Kier alpha value is -0.690. The molecule has 0 bridgehead atoms. The van der Waals surface area contributed by atoms with Gasteiger partial charge in [0.05, 0.1) is 12.1 Å². The highest BCUT2D eigenvalue weighted by molar-refractivity contribution is 6.32. The van der Waals surface area contributed by atoms with Crippen LogP contribution in [0.4, 0.5) is 0 Å². The number of ether oxygens (including phenoxy) is 1. The summed E-state index contributed by atoms with van der Waals surface area (Å²) in [5.74, 6) is 2.06. The van der Waals surface area contributed by atoms with Crippen molar-refractivity contribution >= 4 is 11.6 Å². The summed E-state index contributed by atoms with van der Waals surface area (Å²) in [5.41, 5.74) is 1.35. The second-order valence-electron chi connectivity index (χ2n) is 4.61. The van der Waals surface area contributed by atoms with Crippen LogP contribution in [-0.2, 0) is 0 Å². The third kappa shape index (κ3) is 2.52. The summed E-state index contributed by atoms with van der Waals surface area (Å²) in [7, 11) is 1.65. The van der Waals surface area contributed by atoms with Gasteiger partial charge in [-0.1, -0.05) is 24.6 Å². The Kier molecular flexibility index (Phi) is 3.75. The molecule has 1 aromatic carbocycles. The van der Waals surface area contributed by atoms with E-state index in [0.717, 1.165) is 10.8 Å². The van der Waals surface area contributed by atoms with E-state index < -0.39 is 0 Å². The SMILES string of the molecule is [CH2]C1CCC(c2ccc(OC)c(Cl)c2)CC1. The van der Waals surface area contributed by atoms with Gasteiger partial charge in [-0.3, -0.25) is 0 Å². The Labute approximate surface area is 103 Å². The summed E-state index contributed by atoms with van der Waals surface area (Å²) in [5, 5.41) is 0.719. The lowest BCUT2D eigenvalue weighted by Gasteiger charge is -2.26. The first-order valence-electron chi connectivity index (χ1n) is 5.87. The standard InChI is InChI=1S/C14H18ClO/c1-10-3-5-11(6-4-10)12-7-8-14(16-2)13(15)9-12/h7-11H,1,3-6H2,2H3. The second-order valence-corrected chi connectivity index (χ2v) is 5.02. The Morgan fingerprint density at radius 1 is 1.25 bits per heavy atom. The van der Waals surface area contributed by atoms with Crippen LogP contribution in [0.2, 0.25) is 5.02 Å². The van der Waals surface area contributed by atoms with Crippen molar-refractivity contribution in [1.29, 1.82) is 0 Å². The predicted molar refractivity (Wildman–Crippen MR) is 68.1 cm³/mol. The van der Waals surface area contributed by atoms with Gasteiger partial charge < -0.3 is 4.74 Å². The Bertz CT molecular complexity index is 354. The van der Waals surface area contributed by atoms with Gasteiger partial charge in [0.1, 0.15) is 5.75 Å². The maximum Gasteiger partial charge on any atom is 0.137 e. The van der Waals surface area contributed by atoms with Gasteiger partial charge in [-0.15, -0.1) is 0 Å². The minimum absolute atomic E-state index is 0.643. The normalized spacial score (nSPS) is 25.4. The summed E-state index contributed by atoms with van der Waals surface area (Å²) < 4.78 is 5.16. The first-order chi connectivity index (χ1) is 7.70. The minimum Gasteiger partial charge on any atom is -0.495 e. The van der Waals surface area contributed by atoms with Crippen LogP contribution >= 0.6 is 11.6 Å². The molecule has 16 heavy (non-hydrogen) atoms. The molecule has 0 heterocycles. The van der Waals surface area contributed by atoms with Crippen LogP contribution in [0.15, 0.2) is 18.2 Å². The molecule has 2 rings (SSSR count). The number of hydrogen-bond acceptors (Lipinski definition) is 1. The Balaban J connectivity index is 2.12. The topological polar surface area (TPSA) is 9.23 Å². The van der Waals surface area contributed by atoms with Crippen molar-refractivity contribution in [3.63, 3.8) is 0 Å². The third-order valence-electron chi connectivity index (χ3n) is 3.49. The lowest BCUT2D eigenvalue weighted by atomic mass is 9.79. The maximum absolute atomic E-state index is 6.14. The molecule has 87 valence electrons. The zero-order chi connectivity index (χ0) is 11.5. The maximum atomic E-state index is 6.14. The predicted octanol–water partition coefficient (Wildman–Crippen LogP) is 4.46. The molecule has 0 N–H and O–H groups in total. The van der Waals surface area contributed by atoms with Crippen molar-refractivity contribution < 1.29 is 4.74 Å². The van der Waals surface area contributed by atoms with E-state index in [1.165, 1.54) is 31.2 Å². The molecule has 1 nitrogen and oxygen atoms in total. The van der Waals surface area contributed by atoms with Crippen molar-refractivity contribution in [2.75, 3.05) is 7.11 Å². The van der Waals surface area contributed by atoms with Crippen LogP contribution in [0.25, 0.3) is 0 Å². The molecule has 1 aromatic rings. The van der Waals surface area contributed by atoms with Gasteiger partial charge in [-0.05, 0) is 55.2 Å². The number of rotatable bonds is 2. The zero-order valence-corrected chi connectivity index (χ0v) is 10.5. The number of methoxy groups -OCH3 is 1. The molecule has 0 amide bonds. The zero-order valence-electron chi connectivity index (χ0n) is 9.71. The van der Waals surface area contributed by atoms with E-state index in [2.05, 4.69) is 19.1 Å². The first kappa shape index (κ1) is 11.8. The molecule has 1 aliphatic carbocycles. The molecule has 0 aromatic heterocycles. The van der Waals surface area contributed by atoms with Crippen molar-refractivity contribution in [2.24, 2.45) is 5.92 Å². The van der Waals surface area contributed by atoms with E-state index in [9.17, 15) is 0 Å². The Morgan fingerprint density at radius 3 is 2.50 bits per heavy atom. The molecule has 1 saturated carbocycles. The number of benzene rings is 1. The summed E-state index contributed by atoms with van der Waals surface area (Å²) in [4.78, 5) is 0. The number of hydrogen-bond donors (Lipinski definition) is 0. The monoisotopic (exact) mass is 237 g/mol. The molecule has 0 aliphatic heterocycles. The quantitative estimate of drug-likeness (QED) is 0.738. The molecule has 0 unspecified atom stereocenters. The second kappa shape index (κ2) is 5.09. The van der Waals surface area contributed by atoms with Gasteiger partial charge in [-0.25, -0.2) is 0 Å². The van der Waals surface area contributed by atoms with E-state index in [4.69, 9.17) is 16.3 Å². The lowest BCUT2D eigenvalue weighted by molar-refractivity contribution is 0.373. The lowest BCUT2D eigenvalue weighted by Crippen LogP contribution is -2.10. The number of halogens is 1. The average molecular weight is 238 g/mol. The molecule has 0 saturated heterocycles. The summed E-state index contributed by atoms with van der Waals surface area (Å²) in [6.07, 6.45) is 4.93. The fourth-order valence-corrected chi connectivity index (χ4v) is 2.70. The summed E-state index contributed by atoms with van der Waals surface area (Å²) in [6.45, 7) is 4.12. The highest BCUT2D eigenvalue weighted by Gasteiger charge is 2.20. The van der Waals surface area contributed by atoms with Crippen LogP contribution in [0.1, 0.15) is 37.2 Å². The average Bonchev–Trinajstić information content (AvgIpc) is 2.30. The van der Waals surface area contributed by atoms with Crippen LogP contribution in [-0.4, -0.2) is 7.11 Å². The first-order valence-corrected chi connectivity index (χ1v) is 6.25. The van der Waals surface area contributed by atoms with Crippen molar-refractivity contribution in [2.45, 2.75) is 31.6 Å². The van der Waals surface area contributed by atoms with Crippen LogP contribution < -0.4 is 4.74 Å². The van der Waals surface area contributed by atoms with E-state index in [1.807, 2.05) is 6.07 Å². The Morgan fingerprint density at radius 2 is 1.94 bits per heavy atom. The molecular weight excluding hydrogens is 220 g/mol. The van der Waals surface area contributed by atoms with Gasteiger partial charge >= 0.3 is 0 Å².